The van der Waals surface area contributed by atoms with Crippen molar-refractivity contribution in [2.45, 2.75) is 71.3 Å². The highest BCUT2D eigenvalue weighted by molar-refractivity contribution is 5.76. The number of aliphatic hydroxyl groups is 1. The number of nitrogens with zero attached hydrogens (tertiary/aromatic N) is 3. The smallest absolute Gasteiger partial charge is 0.303 e. The SMILES string of the molecule is CC(C)CN(c1ccc(C(C)CC(=O)O)cc1Nc1ccc(C#N)cn1)C1CCCCC1.CO. The van der Waals surface area contributed by atoms with E-state index in [1.165, 1.54) is 32.1 Å². The fourth-order valence-corrected chi connectivity index (χ4v) is 4.49. The van der Waals surface area contributed by atoms with Crippen molar-refractivity contribution in [2.75, 3.05) is 23.9 Å². The third kappa shape index (κ3) is 7.74. The van der Waals surface area contributed by atoms with Gasteiger partial charge in [-0.05, 0) is 54.5 Å². The van der Waals surface area contributed by atoms with Gasteiger partial charge in [0.1, 0.15) is 11.9 Å². The van der Waals surface area contributed by atoms with Gasteiger partial charge >= 0.3 is 5.97 Å². The van der Waals surface area contributed by atoms with E-state index in [-0.39, 0.29) is 12.3 Å². The predicted octanol–water partition coefficient (Wildman–Crippen LogP) is 5.68. The van der Waals surface area contributed by atoms with E-state index in [1.807, 2.05) is 13.0 Å². The second-order valence-corrected chi connectivity index (χ2v) is 9.28. The molecule has 2 aromatic rings. The molecule has 1 unspecified atom stereocenters. The molecular formula is C27H38N4O3. The maximum atomic E-state index is 11.3. The molecule has 7 heteroatoms. The van der Waals surface area contributed by atoms with Crippen LogP contribution in [0.5, 0.6) is 0 Å². The number of carboxylic acids is 1. The third-order valence-corrected chi connectivity index (χ3v) is 6.11. The Morgan fingerprint density at radius 1 is 1.18 bits per heavy atom. The average Bonchev–Trinajstić information content (AvgIpc) is 2.84. The molecule has 1 heterocycles. The lowest BCUT2D eigenvalue weighted by Gasteiger charge is -2.38. The molecule has 1 saturated carbocycles. The second kappa shape index (κ2) is 13.6. The molecule has 0 saturated heterocycles. The van der Waals surface area contributed by atoms with Crippen LogP contribution >= 0.6 is 0 Å². The van der Waals surface area contributed by atoms with E-state index in [1.54, 1.807) is 12.3 Å². The van der Waals surface area contributed by atoms with Gasteiger partial charge in [0.25, 0.3) is 0 Å². The number of pyridine rings is 1. The Hall–Kier alpha value is -3.11. The first-order valence-electron chi connectivity index (χ1n) is 12.1. The zero-order chi connectivity index (χ0) is 25.1. The van der Waals surface area contributed by atoms with Crippen molar-refractivity contribution in [1.82, 2.24) is 4.98 Å². The summed E-state index contributed by atoms with van der Waals surface area (Å²) in [4.78, 5) is 18.2. The molecule has 1 aliphatic rings. The summed E-state index contributed by atoms with van der Waals surface area (Å²) in [6.45, 7) is 7.40. The lowest BCUT2D eigenvalue weighted by molar-refractivity contribution is -0.137. The number of hydrogen-bond donors (Lipinski definition) is 3. The molecule has 0 amide bonds. The summed E-state index contributed by atoms with van der Waals surface area (Å²) in [5, 5.41) is 28.8. The Morgan fingerprint density at radius 3 is 2.44 bits per heavy atom. The number of benzene rings is 1. The summed E-state index contributed by atoms with van der Waals surface area (Å²) in [6, 6.07) is 12.4. The van der Waals surface area contributed by atoms with Crippen molar-refractivity contribution in [3.8, 4) is 6.07 Å². The maximum absolute atomic E-state index is 11.3. The molecule has 1 aromatic carbocycles. The number of nitriles is 1. The van der Waals surface area contributed by atoms with Gasteiger partial charge in [0.2, 0.25) is 0 Å². The number of aliphatic carboxylic acids is 1. The largest absolute Gasteiger partial charge is 0.481 e. The molecule has 0 bridgehead atoms. The fraction of sp³-hybridized carbons (Fsp3) is 0.519. The highest BCUT2D eigenvalue weighted by atomic mass is 16.4. The Balaban J connectivity index is 0.00000199. The van der Waals surface area contributed by atoms with Gasteiger partial charge in [0, 0.05) is 25.9 Å². The number of nitrogens with one attached hydrogen (secondary N) is 1. The molecule has 1 aromatic heterocycles. The van der Waals surface area contributed by atoms with Crippen LogP contribution in [0.2, 0.25) is 0 Å². The van der Waals surface area contributed by atoms with Crippen molar-refractivity contribution in [3.05, 3.63) is 47.7 Å². The topological polar surface area (TPSA) is 109 Å². The lowest BCUT2D eigenvalue weighted by atomic mass is 9.92. The standard InChI is InChI=1S/C26H34N4O2.CH4O/c1-18(2)17-30(22-7-5-4-6-8-22)24-11-10-21(19(3)13-26(31)32)14-23(24)29-25-12-9-20(15-27)16-28-25;1-2/h9-12,14,16,18-19,22H,4-8,13,17H2,1-3H3,(H,28,29)(H,31,32);2H,1H3. The van der Waals surface area contributed by atoms with Gasteiger partial charge in [0.15, 0.2) is 0 Å². The monoisotopic (exact) mass is 466 g/mol. The van der Waals surface area contributed by atoms with Crippen LogP contribution in [-0.2, 0) is 4.79 Å². The molecule has 1 fully saturated rings. The molecule has 3 N–H and O–H groups in total. The Labute approximate surface area is 203 Å². The van der Waals surface area contributed by atoms with Crippen LogP contribution in [0.4, 0.5) is 17.2 Å². The number of aromatic nitrogens is 1. The summed E-state index contributed by atoms with van der Waals surface area (Å²) >= 11 is 0. The number of rotatable bonds is 9. The van der Waals surface area contributed by atoms with Gasteiger partial charge in [-0.3, -0.25) is 4.79 Å². The number of carbonyl (C=O) groups is 1. The van der Waals surface area contributed by atoms with E-state index < -0.39 is 5.97 Å². The van der Waals surface area contributed by atoms with Gasteiger partial charge in [0.05, 0.1) is 23.4 Å². The summed E-state index contributed by atoms with van der Waals surface area (Å²) in [5.74, 6) is 0.294. The summed E-state index contributed by atoms with van der Waals surface area (Å²) in [5.41, 5.74) is 3.56. The number of anilines is 3. The first-order valence-corrected chi connectivity index (χ1v) is 12.1. The Morgan fingerprint density at radius 2 is 1.88 bits per heavy atom. The number of aliphatic hydroxyl groups excluding tert-OH is 1. The molecule has 34 heavy (non-hydrogen) atoms. The van der Waals surface area contributed by atoms with E-state index in [4.69, 9.17) is 10.4 Å². The van der Waals surface area contributed by atoms with Crippen molar-refractivity contribution in [2.24, 2.45) is 5.92 Å². The molecular weight excluding hydrogens is 428 g/mol. The van der Waals surface area contributed by atoms with Crippen molar-refractivity contribution < 1.29 is 15.0 Å². The highest BCUT2D eigenvalue weighted by Gasteiger charge is 2.25. The maximum Gasteiger partial charge on any atom is 0.303 e. The van der Waals surface area contributed by atoms with E-state index in [0.29, 0.717) is 23.3 Å². The van der Waals surface area contributed by atoms with Crippen LogP contribution in [0, 0.1) is 17.2 Å². The summed E-state index contributed by atoms with van der Waals surface area (Å²) < 4.78 is 0. The van der Waals surface area contributed by atoms with Crippen LogP contribution in [0.25, 0.3) is 0 Å². The number of hydrogen-bond acceptors (Lipinski definition) is 6. The van der Waals surface area contributed by atoms with Crippen molar-refractivity contribution >= 4 is 23.2 Å². The van der Waals surface area contributed by atoms with Gasteiger partial charge in [-0.25, -0.2) is 4.98 Å². The van der Waals surface area contributed by atoms with E-state index in [2.05, 4.69) is 53.3 Å². The summed E-state index contributed by atoms with van der Waals surface area (Å²) in [6.07, 6.45) is 7.85. The molecule has 184 valence electrons. The minimum atomic E-state index is -0.798. The quantitative estimate of drug-likeness (QED) is 0.436. The van der Waals surface area contributed by atoms with Crippen molar-refractivity contribution in [3.63, 3.8) is 0 Å². The van der Waals surface area contributed by atoms with E-state index in [9.17, 15) is 9.90 Å². The molecule has 7 nitrogen and oxygen atoms in total. The van der Waals surface area contributed by atoms with Crippen LogP contribution < -0.4 is 10.2 Å². The van der Waals surface area contributed by atoms with Crippen LogP contribution in [0.15, 0.2) is 36.5 Å². The van der Waals surface area contributed by atoms with Gasteiger partial charge < -0.3 is 20.4 Å². The lowest BCUT2D eigenvalue weighted by Crippen LogP contribution is -2.39. The van der Waals surface area contributed by atoms with Gasteiger partial charge in [-0.1, -0.05) is 46.1 Å². The molecule has 1 atom stereocenters. The fourth-order valence-electron chi connectivity index (χ4n) is 4.49. The Kier molecular flexibility index (Phi) is 10.8. The van der Waals surface area contributed by atoms with Gasteiger partial charge in [-0.2, -0.15) is 5.26 Å². The van der Waals surface area contributed by atoms with E-state index >= 15 is 0 Å². The zero-order valence-corrected chi connectivity index (χ0v) is 20.8. The van der Waals surface area contributed by atoms with E-state index in [0.717, 1.165) is 30.6 Å². The van der Waals surface area contributed by atoms with Crippen LogP contribution in [-0.4, -0.2) is 40.9 Å². The molecule has 0 aliphatic heterocycles. The minimum Gasteiger partial charge on any atom is -0.481 e. The average molecular weight is 467 g/mol. The molecule has 1 aliphatic carbocycles. The van der Waals surface area contributed by atoms with Gasteiger partial charge in [-0.15, -0.1) is 0 Å². The highest BCUT2D eigenvalue weighted by Crippen LogP contribution is 2.37. The second-order valence-electron chi connectivity index (χ2n) is 9.28. The first-order chi connectivity index (χ1) is 16.4. The predicted molar refractivity (Wildman–Crippen MR) is 137 cm³/mol. The number of carboxylic acid groups (broad SMARTS) is 1. The van der Waals surface area contributed by atoms with Crippen LogP contribution in [0.1, 0.15) is 76.3 Å². The molecule has 0 radical (unpaired) electrons. The zero-order valence-electron chi connectivity index (χ0n) is 20.8. The first kappa shape index (κ1) is 27.1. The molecule has 0 spiro atoms. The molecule has 3 rings (SSSR count). The Bertz CT molecular complexity index is 947. The minimum absolute atomic E-state index is 0.0895. The van der Waals surface area contributed by atoms with Crippen LogP contribution in [0.3, 0.4) is 0 Å². The third-order valence-electron chi connectivity index (χ3n) is 6.11. The normalized spacial score (nSPS) is 14.5. The van der Waals surface area contributed by atoms with Crippen molar-refractivity contribution in [1.29, 1.82) is 5.26 Å². The summed E-state index contributed by atoms with van der Waals surface area (Å²) in [7, 11) is 1.00.